The zero-order valence-electron chi connectivity index (χ0n) is 11.4. The van der Waals surface area contributed by atoms with Crippen LogP contribution < -0.4 is 5.32 Å². The average molecular weight is 254 g/mol. The fourth-order valence-electron chi connectivity index (χ4n) is 3.30. The van der Waals surface area contributed by atoms with Crippen LogP contribution in [0.5, 0.6) is 0 Å². The van der Waals surface area contributed by atoms with E-state index in [9.17, 15) is 4.79 Å². The molecule has 104 valence electrons. The molecule has 2 aliphatic rings. The molecular formula is C14H26N2O2. The number of nitrogens with zero attached hydrogens (tertiary/aromatic N) is 1. The topological polar surface area (TPSA) is 52.6 Å². The van der Waals surface area contributed by atoms with Crippen molar-refractivity contribution in [1.29, 1.82) is 0 Å². The molecule has 0 spiro atoms. The monoisotopic (exact) mass is 254 g/mol. The third-order valence-corrected chi connectivity index (χ3v) is 4.45. The highest BCUT2D eigenvalue weighted by atomic mass is 16.4. The molecular weight excluding hydrogens is 228 g/mol. The first-order valence-corrected chi connectivity index (χ1v) is 7.41. The van der Waals surface area contributed by atoms with E-state index in [-0.39, 0.29) is 6.54 Å². The number of nitrogens with one attached hydrogen (secondary N) is 1. The number of carbonyl (C=O) groups is 1. The minimum atomic E-state index is -0.708. The molecule has 0 aromatic carbocycles. The lowest BCUT2D eigenvalue weighted by atomic mass is 9.83. The minimum Gasteiger partial charge on any atom is -0.480 e. The van der Waals surface area contributed by atoms with E-state index in [1.165, 1.54) is 32.1 Å². The molecule has 2 fully saturated rings. The molecule has 0 aromatic rings. The van der Waals surface area contributed by atoms with Crippen molar-refractivity contribution in [2.45, 2.75) is 70.0 Å². The Balaban J connectivity index is 1.67. The Morgan fingerprint density at radius 1 is 1.22 bits per heavy atom. The third kappa shape index (κ3) is 3.69. The molecule has 0 radical (unpaired) electrons. The van der Waals surface area contributed by atoms with Crippen molar-refractivity contribution in [3.8, 4) is 0 Å². The molecule has 2 rings (SSSR count). The zero-order valence-corrected chi connectivity index (χ0v) is 11.4. The standard InChI is InChI=1S/C14H26N2O2/c1-2-16(10-14(17)18)13-8-12(9-13)15-11-6-4-3-5-7-11/h11-13,15H,2-10H2,1H3,(H,17,18). The van der Waals surface area contributed by atoms with Gasteiger partial charge in [0.15, 0.2) is 0 Å². The summed E-state index contributed by atoms with van der Waals surface area (Å²) in [6, 6.07) is 1.83. The molecule has 2 N–H and O–H groups in total. The van der Waals surface area contributed by atoms with Gasteiger partial charge in [-0.25, -0.2) is 0 Å². The number of hydrogen-bond acceptors (Lipinski definition) is 3. The molecule has 0 bridgehead atoms. The maximum Gasteiger partial charge on any atom is 0.317 e. The molecule has 0 aromatic heterocycles. The Morgan fingerprint density at radius 3 is 2.44 bits per heavy atom. The molecule has 0 atom stereocenters. The van der Waals surface area contributed by atoms with Crippen LogP contribution in [-0.4, -0.2) is 47.2 Å². The number of aliphatic carboxylic acids is 1. The van der Waals surface area contributed by atoms with Crippen LogP contribution in [0.4, 0.5) is 0 Å². The molecule has 0 saturated heterocycles. The molecule has 4 heteroatoms. The Bertz CT molecular complexity index is 271. The van der Waals surface area contributed by atoms with Gasteiger partial charge in [0.25, 0.3) is 0 Å². The van der Waals surface area contributed by atoms with Crippen LogP contribution in [0, 0.1) is 0 Å². The Kier molecular flexibility index (Phi) is 5.01. The van der Waals surface area contributed by atoms with E-state index in [4.69, 9.17) is 5.11 Å². The van der Waals surface area contributed by atoms with Gasteiger partial charge in [0.1, 0.15) is 0 Å². The fraction of sp³-hybridized carbons (Fsp3) is 0.929. The maximum atomic E-state index is 10.8. The van der Waals surface area contributed by atoms with Crippen LogP contribution in [0.1, 0.15) is 51.9 Å². The lowest BCUT2D eigenvalue weighted by Crippen LogP contribution is -2.55. The largest absolute Gasteiger partial charge is 0.480 e. The van der Waals surface area contributed by atoms with Gasteiger partial charge < -0.3 is 10.4 Å². The second-order valence-electron chi connectivity index (χ2n) is 5.78. The van der Waals surface area contributed by atoms with E-state index in [0.29, 0.717) is 12.1 Å². The van der Waals surface area contributed by atoms with Gasteiger partial charge in [-0.1, -0.05) is 26.2 Å². The normalized spacial score (nSPS) is 29.2. The summed E-state index contributed by atoms with van der Waals surface area (Å²) in [5.41, 5.74) is 0. The highest BCUT2D eigenvalue weighted by Crippen LogP contribution is 2.28. The summed E-state index contributed by atoms with van der Waals surface area (Å²) in [7, 11) is 0. The van der Waals surface area contributed by atoms with Crippen LogP contribution in [0.2, 0.25) is 0 Å². The molecule has 18 heavy (non-hydrogen) atoms. The van der Waals surface area contributed by atoms with Gasteiger partial charge in [0.2, 0.25) is 0 Å². The summed E-state index contributed by atoms with van der Waals surface area (Å²) >= 11 is 0. The third-order valence-electron chi connectivity index (χ3n) is 4.45. The van der Waals surface area contributed by atoms with Crippen molar-refractivity contribution in [1.82, 2.24) is 10.2 Å². The van der Waals surface area contributed by atoms with Crippen molar-refractivity contribution < 1.29 is 9.90 Å². The van der Waals surface area contributed by atoms with Gasteiger partial charge in [-0.2, -0.15) is 0 Å². The molecule has 0 heterocycles. The predicted octanol–water partition coefficient (Wildman–Crippen LogP) is 1.85. The van der Waals surface area contributed by atoms with Crippen molar-refractivity contribution in [2.24, 2.45) is 0 Å². The number of carboxylic acids is 1. The molecule has 0 aliphatic heterocycles. The summed E-state index contributed by atoms with van der Waals surface area (Å²) in [6.07, 6.45) is 9.03. The van der Waals surface area contributed by atoms with E-state index in [1.54, 1.807) is 0 Å². The Morgan fingerprint density at radius 2 is 1.89 bits per heavy atom. The van der Waals surface area contributed by atoms with Crippen LogP contribution in [0.15, 0.2) is 0 Å². The molecule has 0 unspecified atom stereocenters. The van der Waals surface area contributed by atoms with Gasteiger partial charge in [-0.3, -0.25) is 9.69 Å². The van der Waals surface area contributed by atoms with Crippen molar-refractivity contribution in [2.75, 3.05) is 13.1 Å². The smallest absolute Gasteiger partial charge is 0.317 e. The van der Waals surface area contributed by atoms with E-state index in [1.807, 2.05) is 6.92 Å². The van der Waals surface area contributed by atoms with E-state index in [2.05, 4.69) is 10.2 Å². The predicted molar refractivity (Wildman–Crippen MR) is 71.7 cm³/mol. The van der Waals surface area contributed by atoms with E-state index in [0.717, 1.165) is 25.4 Å². The molecule has 2 aliphatic carbocycles. The highest BCUT2D eigenvalue weighted by Gasteiger charge is 2.34. The van der Waals surface area contributed by atoms with E-state index < -0.39 is 5.97 Å². The number of hydrogen-bond donors (Lipinski definition) is 2. The summed E-state index contributed by atoms with van der Waals surface area (Å²) in [6.45, 7) is 3.08. The molecule has 2 saturated carbocycles. The van der Waals surface area contributed by atoms with Gasteiger partial charge in [-0.05, 0) is 32.2 Å². The number of likely N-dealkylation sites (N-methyl/N-ethyl adjacent to an activating group) is 1. The van der Waals surface area contributed by atoms with Gasteiger partial charge in [-0.15, -0.1) is 0 Å². The van der Waals surface area contributed by atoms with Gasteiger partial charge in [0.05, 0.1) is 6.54 Å². The SMILES string of the molecule is CCN(CC(=O)O)C1CC(NC2CCCCC2)C1. The average Bonchev–Trinajstić information content (AvgIpc) is 2.32. The maximum absolute atomic E-state index is 10.8. The highest BCUT2D eigenvalue weighted by molar-refractivity contribution is 5.69. The molecule has 4 nitrogen and oxygen atoms in total. The van der Waals surface area contributed by atoms with Crippen LogP contribution >= 0.6 is 0 Å². The summed E-state index contributed by atoms with van der Waals surface area (Å²) in [5.74, 6) is -0.708. The Hall–Kier alpha value is -0.610. The lowest BCUT2D eigenvalue weighted by molar-refractivity contribution is -0.139. The van der Waals surface area contributed by atoms with Gasteiger partial charge >= 0.3 is 5.97 Å². The molecule has 0 amide bonds. The first kappa shape index (κ1) is 13.8. The van der Waals surface area contributed by atoms with Crippen molar-refractivity contribution in [3.63, 3.8) is 0 Å². The van der Waals surface area contributed by atoms with E-state index >= 15 is 0 Å². The number of carboxylic acid groups (broad SMARTS) is 1. The fourth-order valence-corrected chi connectivity index (χ4v) is 3.30. The van der Waals surface area contributed by atoms with Crippen molar-refractivity contribution in [3.05, 3.63) is 0 Å². The van der Waals surface area contributed by atoms with Crippen LogP contribution in [-0.2, 0) is 4.79 Å². The van der Waals surface area contributed by atoms with Gasteiger partial charge in [0, 0.05) is 18.1 Å². The van der Waals surface area contributed by atoms with Crippen molar-refractivity contribution >= 4 is 5.97 Å². The first-order valence-electron chi connectivity index (χ1n) is 7.41. The van der Waals surface area contributed by atoms with Crippen LogP contribution in [0.3, 0.4) is 0 Å². The second kappa shape index (κ2) is 6.53. The lowest BCUT2D eigenvalue weighted by Gasteiger charge is -2.44. The summed E-state index contributed by atoms with van der Waals surface area (Å²) < 4.78 is 0. The zero-order chi connectivity index (χ0) is 13.0. The summed E-state index contributed by atoms with van der Waals surface area (Å²) in [5, 5.41) is 12.6. The van der Waals surface area contributed by atoms with Crippen LogP contribution in [0.25, 0.3) is 0 Å². The Labute approximate surface area is 110 Å². The minimum absolute atomic E-state index is 0.192. The number of rotatable bonds is 6. The summed E-state index contributed by atoms with van der Waals surface area (Å²) in [4.78, 5) is 12.8. The quantitative estimate of drug-likeness (QED) is 0.759. The first-order chi connectivity index (χ1) is 8.69. The second-order valence-corrected chi connectivity index (χ2v) is 5.78.